The number of aliphatic hydroxyl groups excluding tert-OH is 1. The summed E-state index contributed by atoms with van der Waals surface area (Å²) in [6.07, 6.45) is 5.31. The number of hydrogen-bond donors (Lipinski definition) is 1. The average Bonchev–Trinajstić information content (AvgIpc) is 2.00. The Morgan fingerprint density at radius 2 is 2.09 bits per heavy atom. The van der Waals surface area contributed by atoms with Crippen LogP contribution in [0.3, 0.4) is 0 Å². The molecule has 0 aromatic carbocycles. The van der Waals surface area contributed by atoms with E-state index in [0.717, 1.165) is 12.7 Å². The Hall–Kier alpha value is -0.630. The van der Waals surface area contributed by atoms with E-state index in [1.54, 1.807) is 0 Å². The molecule has 0 aliphatic rings. The molecule has 0 amide bonds. The van der Waals surface area contributed by atoms with E-state index in [1.165, 1.54) is 0 Å². The number of allylic oxidation sites excluding steroid dienone is 2. The van der Waals surface area contributed by atoms with Crippen molar-refractivity contribution < 1.29 is 9.90 Å². The van der Waals surface area contributed by atoms with Crippen molar-refractivity contribution in [1.82, 2.24) is 0 Å². The van der Waals surface area contributed by atoms with Crippen LogP contribution in [0.2, 0.25) is 0 Å². The summed E-state index contributed by atoms with van der Waals surface area (Å²) in [5.41, 5.74) is 0. The third-order valence-electron chi connectivity index (χ3n) is 1.74. The van der Waals surface area contributed by atoms with Gasteiger partial charge in [0.1, 0.15) is 6.29 Å². The molecule has 0 saturated carbocycles. The molecule has 0 radical (unpaired) electrons. The maximum Gasteiger partial charge on any atom is 0.122 e. The minimum atomic E-state index is -0.483. The fourth-order valence-corrected chi connectivity index (χ4v) is 0.839. The first-order valence-electron chi connectivity index (χ1n) is 3.95. The van der Waals surface area contributed by atoms with E-state index in [1.807, 2.05) is 26.0 Å². The van der Waals surface area contributed by atoms with Crippen molar-refractivity contribution in [3.05, 3.63) is 12.2 Å². The highest BCUT2D eigenvalue weighted by Gasteiger charge is 2.11. The molecule has 2 heteroatoms. The van der Waals surface area contributed by atoms with Gasteiger partial charge in [0.05, 0.1) is 6.10 Å². The Morgan fingerprint density at radius 1 is 1.45 bits per heavy atom. The fourth-order valence-electron chi connectivity index (χ4n) is 0.839. The normalized spacial score (nSPS) is 16.6. The summed E-state index contributed by atoms with van der Waals surface area (Å²) in [6.45, 7) is 3.88. The molecule has 64 valence electrons. The molecule has 0 rings (SSSR count). The molecular weight excluding hydrogens is 140 g/mol. The fraction of sp³-hybridized carbons (Fsp3) is 0.667. The topological polar surface area (TPSA) is 37.3 Å². The summed E-state index contributed by atoms with van der Waals surface area (Å²) in [7, 11) is 0. The van der Waals surface area contributed by atoms with Gasteiger partial charge in [0, 0.05) is 6.42 Å². The highest BCUT2D eigenvalue weighted by atomic mass is 16.3. The third kappa shape index (κ3) is 4.73. The second-order valence-electron chi connectivity index (χ2n) is 2.75. The van der Waals surface area contributed by atoms with E-state index in [9.17, 15) is 9.90 Å². The predicted molar refractivity (Wildman–Crippen MR) is 45.3 cm³/mol. The van der Waals surface area contributed by atoms with Gasteiger partial charge in [-0.1, -0.05) is 19.1 Å². The number of aliphatic hydroxyl groups is 1. The Bertz CT molecular complexity index is 130. The SMILES string of the molecule is C/C=C/C[C@@H](C)[C@@H](O)CC=O. The first-order chi connectivity index (χ1) is 5.22. The molecule has 0 spiro atoms. The highest BCUT2D eigenvalue weighted by molar-refractivity contribution is 5.50. The summed E-state index contributed by atoms with van der Waals surface area (Å²) in [6, 6.07) is 0. The van der Waals surface area contributed by atoms with Crippen LogP contribution < -0.4 is 0 Å². The number of aldehydes is 1. The molecule has 1 N–H and O–H groups in total. The predicted octanol–water partition coefficient (Wildman–Crippen LogP) is 1.54. The monoisotopic (exact) mass is 156 g/mol. The van der Waals surface area contributed by atoms with Crippen LogP contribution >= 0.6 is 0 Å². The van der Waals surface area contributed by atoms with Crippen LogP contribution in [0.4, 0.5) is 0 Å². The minimum absolute atomic E-state index is 0.177. The zero-order chi connectivity index (χ0) is 8.69. The Morgan fingerprint density at radius 3 is 2.55 bits per heavy atom. The number of hydrogen-bond acceptors (Lipinski definition) is 2. The molecule has 0 aromatic rings. The lowest BCUT2D eigenvalue weighted by Crippen LogP contribution is -2.17. The first kappa shape index (κ1) is 10.4. The van der Waals surface area contributed by atoms with Gasteiger partial charge in [-0.2, -0.15) is 0 Å². The Balaban J connectivity index is 3.62. The quantitative estimate of drug-likeness (QED) is 0.484. The molecule has 0 heterocycles. The maximum atomic E-state index is 10.0. The van der Waals surface area contributed by atoms with Crippen LogP contribution in [-0.4, -0.2) is 17.5 Å². The van der Waals surface area contributed by atoms with Crippen molar-refractivity contribution in [2.24, 2.45) is 5.92 Å². The van der Waals surface area contributed by atoms with Gasteiger partial charge in [-0.3, -0.25) is 0 Å². The Labute approximate surface area is 67.9 Å². The van der Waals surface area contributed by atoms with Crippen LogP contribution in [0.15, 0.2) is 12.2 Å². The van der Waals surface area contributed by atoms with Gasteiger partial charge in [-0.05, 0) is 19.3 Å². The average molecular weight is 156 g/mol. The van der Waals surface area contributed by atoms with Crippen molar-refractivity contribution in [2.75, 3.05) is 0 Å². The molecule has 0 aliphatic heterocycles. The maximum absolute atomic E-state index is 10.0. The number of carbonyl (C=O) groups excluding carboxylic acids is 1. The third-order valence-corrected chi connectivity index (χ3v) is 1.74. The molecule has 2 atom stereocenters. The van der Waals surface area contributed by atoms with Crippen molar-refractivity contribution in [1.29, 1.82) is 0 Å². The molecule has 0 saturated heterocycles. The largest absolute Gasteiger partial charge is 0.392 e. The van der Waals surface area contributed by atoms with Crippen molar-refractivity contribution in [3.63, 3.8) is 0 Å². The van der Waals surface area contributed by atoms with Crippen LogP contribution in [0.5, 0.6) is 0 Å². The van der Waals surface area contributed by atoms with Gasteiger partial charge in [0.15, 0.2) is 0 Å². The summed E-state index contributed by atoms with van der Waals surface area (Å²) in [4.78, 5) is 10.0. The molecule has 0 unspecified atom stereocenters. The van der Waals surface area contributed by atoms with Crippen LogP contribution in [0, 0.1) is 5.92 Å². The van der Waals surface area contributed by atoms with Crippen LogP contribution in [0.1, 0.15) is 26.7 Å². The number of rotatable bonds is 5. The minimum Gasteiger partial charge on any atom is -0.392 e. The van der Waals surface area contributed by atoms with E-state index >= 15 is 0 Å². The summed E-state index contributed by atoms with van der Waals surface area (Å²) in [5.74, 6) is 0.177. The molecule has 11 heavy (non-hydrogen) atoms. The second kappa shape index (κ2) is 6.10. The van der Waals surface area contributed by atoms with Gasteiger partial charge in [-0.25, -0.2) is 0 Å². The van der Waals surface area contributed by atoms with E-state index in [-0.39, 0.29) is 12.3 Å². The lowest BCUT2D eigenvalue weighted by molar-refractivity contribution is -0.110. The smallest absolute Gasteiger partial charge is 0.122 e. The van der Waals surface area contributed by atoms with E-state index in [4.69, 9.17) is 0 Å². The molecule has 2 nitrogen and oxygen atoms in total. The lowest BCUT2D eigenvalue weighted by atomic mass is 9.99. The van der Waals surface area contributed by atoms with Crippen molar-refractivity contribution >= 4 is 6.29 Å². The molecule has 0 bridgehead atoms. The van der Waals surface area contributed by atoms with E-state index in [0.29, 0.717) is 0 Å². The summed E-state index contributed by atoms with van der Waals surface area (Å²) in [5, 5.41) is 9.28. The molecular formula is C9H16O2. The van der Waals surface area contributed by atoms with Gasteiger partial charge in [-0.15, -0.1) is 0 Å². The zero-order valence-corrected chi connectivity index (χ0v) is 7.16. The second-order valence-corrected chi connectivity index (χ2v) is 2.75. The molecule has 0 aliphatic carbocycles. The lowest BCUT2D eigenvalue weighted by Gasteiger charge is -2.13. The van der Waals surface area contributed by atoms with Crippen molar-refractivity contribution in [3.8, 4) is 0 Å². The highest BCUT2D eigenvalue weighted by Crippen LogP contribution is 2.10. The molecule has 0 aromatic heterocycles. The molecule has 0 fully saturated rings. The van der Waals surface area contributed by atoms with Gasteiger partial charge < -0.3 is 9.90 Å². The van der Waals surface area contributed by atoms with Gasteiger partial charge >= 0.3 is 0 Å². The summed E-state index contributed by atoms with van der Waals surface area (Å²) < 4.78 is 0. The van der Waals surface area contributed by atoms with Crippen LogP contribution in [-0.2, 0) is 4.79 Å². The van der Waals surface area contributed by atoms with Gasteiger partial charge in [0.25, 0.3) is 0 Å². The standard InChI is InChI=1S/C9H16O2/c1-3-4-5-8(2)9(11)6-7-10/h3-4,7-9,11H,5-6H2,1-2H3/b4-3+/t8-,9+/m1/s1. The van der Waals surface area contributed by atoms with E-state index in [2.05, 4.69) is 0 Å². The Kier molecular flexibility index (Phi) is 5.75. The van der Waals surface area contributed by atoms with Gasteiger partial charge in [0.2, 0.25) is 0 Å². The summed E-state index contributed by atoms with van der Waals surface area (Å²) >= 11 is 0. The zero-order valence-electron chi connectivity index (χ0n) is 7.16. The van der Waals surface area contributed by atoms with Crippen molar-refractivity contribution in [2.45, 2.75) is 32.8 Å². The first-order valence-corrected chi connectivity index (χ1v) is 3.95. The number of carbonyl (C=O) groups is 1. The van der Waals surface area contributed by atoms with Crippen LogP contribution in [0.25, 0.3) is 0 Å². The van der Waals surface area contributed by atoms with E-state index < -0.39 is 6.10 Å².